The van der Waals surface area contributed by atoms with Crippen LogP contribution in [0.4, 0.5) is 0 Å². The molecule has 0 saturated heterocycles. The van der Waals surface area contributed by atoms with Crippen molar-refractivity contribution in [3.8, 4) is 0 Å². The molecular weight excluding hydrogens is 214 g/mol. The zero-order valence-corrected chi connectivity index (χ0v) is 11.9. The molecule has 0 bridgehead atoms. The summed E-state index contributed by atoms with van der Waals surface area (Å²) in [5, 5.41) is 0. The molecule has 1 N–H and O–H groups in total. The lowest BCUT2D eigenvalue weighted by atomic mass is 10.1. The van der Waals surface area contributed by atoms with Gasteiger partial charge in [0, 0.05) is 0 Å². The molecule has 3 nitrogen and oxygen atoms in total. The minimum atomic E-state index is -0.383. The first-order chi connectivity index (χ1) is 8.09. The number of oxazole rings is 1. The molecule has 17 heavy (non-hydrogen) atoms. The number of aryl methyl sites for hydroxylation is 3. The Kier molecular flexibility index (Phi) is 6.33. The molecule has 0 saturated carbocycles. The molecule has 0 aliphatic heterocycles. The maximum absolute atomic E-state index is 11.0. The zero-order valence-electron chi connectivity index (χ0n) is 11.9. The fraction of sp³-hybridized carbons (Fsp3) is 0.500. The minimum Gasteiger partial charge on any atom is -0.408 e. The lowest BCUT2D eigenvalue weighted by Crippen LogP contribution is -1.93. The molecule has 1 heterocycles. The summed E-state index contributed by atoms with van der Waals surface area (Å²) < 4.78 is 5.05. The Labute approximate surface area is 103 Å². The van der Waals surface area contributed by atoms with E-state index in [9.17, 15) is 4.79 Å². The molecule has 0 amide bonds. The third-order valence-electron chi connectivity index (χ3n) is 2.41. The number of aromatic nitrogens is 1. The predicted octanol–water partition coefficient (Wildman–Crippen LogP) is 4.10. The van der Waals surface area contributed by atoms with Gasteiger partial charge in [-0.15, -0.1) is 0 Å². The molecule has 0 unspecified atom stereocenters. The van der Waals surface area contributed by atoms with Crippen LogP contribution in [0.5, 0.6) is 0 Å². The van der Waals surface area contributed by atoms with Crippen LogP contribution >= 0.6 is 0 Å². The standard InChI is InChI=1S/C10H11NO2.2C2H6/c1-5-4-6(2)8-9(7(5)3)13-10(12)11-8;2*1-2/h4H,1-3H3,(H,11,12);2*1-2H3. The molecule has 2 aromatic rings. The third kappa shape index (κ3) is 3.22. The average molecular weight is 237 g/mol. The van der Waals surface area contributed by atoms with E-state index in [0.717, 1.165) is 22.2 Å². The maximum Gasteiger partial charge on any atom is 0.417 e. The minimum absolute atomic E-state index is 0.383. The van der Waals surface area contributed by atoms with Crippen LogP contribution in [0.3, 0.4) is 0 Å². The van der Waals surface area contributed by atoms with E-state index in [2.05, 4.69) is 4.98 Å². The van der Waals surface area contributed by atoms with E-state index in [0.29, 0.717) is 5.58 Å². The second-order valence-corrected chi connectivity index (χ2v) is 3.35. The van der Waals surface area contributed by atoms with Crippen LogP contribution < -0.4 is 5.76 Å². The largest absolute Gasteiger partial charge is 0.417 e. The Morgan fingerprint density at radius 3 is 2.06 bits per heavy atom. The molecular formula is C14H23NO2. The monoisotopic (exact) mass is 237 g/mol. The van der Waals surface area contributed by atoms with Crippen molar-refractivity contribution >= 4 is 11.1 Å². The molecule has 1 aromatic carbocycles. The van der Waals surface area contributed by atoms with Gasteiger partial charge >= 0.3 is 5.76 Å². The van der Waals surface area contributed by atoms with Gasteiger partial charge in [0.1, 0.15) is 0 Å². The van der Waals surface area contributed by atoms with E-state index < -0.39 is 0 Å². The van der Waals surface area contributed by atoms with Crippen LogP contribution in [0.1, 0.15) is 44.4 Å². The first-order valence-corrected chi connectivity index (χ1v) is 6.19. The first-order valence-electron chi connectivity index (χ1n) is 6.19. The van der Waals surface area contributed by atoms with Gasteiger partial charge in [0.15, 0.2) is 5.58 Å². The van der Waals surface area contributed by atoms with Crippen LogP contribution in [0, 0.1) is 20.8 Å². The van der Waals surface area contributed by atoms with Crippen LogP contribution in [-0.2, 0) is 0 Å². The summed E-state index contributed by atoms with van der Waals surface area (Å²) in [7, 11) is 0. The van der Waals surface area contributed by atoms with Crippen molar-refractivity contribution in [2.75, 3.05) is 0 Å². The van der Waals surface area contributed by atoms with Gasteiger partial charge in [-0.3, -0.25) is 4.98 Å². The number of benzene rings is 1. The molecule has 0 radical (unpaired) electrons. The maximum atomic E-state index is 11.0. The van der Waals surface area contributed by atoms with Crippen LogP contribution in [0.15, 0.2) is 15.3 Å². The van der Waals surface area contributed by atoms with Gasteiger partial charge in [-0.1, -0.05) is 33.8 Å². The highest BCUT2D eigenvalue weighted by atomic mass is 16.4. The van der Waals surface area contributed by atoms with Gasteiger partial charge in [-0.2, -0.15) is 0 Å². The molecule has 0 aliphatic carbocycles. The lowest BCUT2D eigenvalue weighted by molar-refractivity contribution is 0.553. The number of nitrogens with one attached hydrogen (secondary N) is 1. The summed E-state index contributed by atoms with van der Waals surface area (Å²) in [6.45, 7) is 13.9. The second-order valence-electron chi connectivity index (χ2n) is 3.35. The molecule has 96 valence electrons. The number of aromatic amines is 1. The number of H-pyrrole nitrogens is 1. The highest BCUT2D eigenvalue weighted by Crippen LogP contribution is 2.22. The Bertz CT molecular complexity index is 521. The average Bonchev–Trinajstić information content (AvgIpc) is 2.74. The van der Waals surface area contributed by atoms with Crippen molar-refractivity contribution in [1.82, 2.24) is 4.98 Å². The summed E-state index contributed by atoms with van der Waals surface area (Å²) in [6, 6.07) is 2.04. The first kappa shape index (κ1) is 15.5. The Morgan fingerprint density at radius 2 is 1.53 bits per heavy atom. The van der Waals surface area contributed by atoms with Gasteiger partial charge in [-0.25, -0.2) is 4.79 Å². The smallest absolute Gasteiger partial charge is 0.408 e. The van der Waals surface area contributed by atoms with Crippen LogP contribution in [0.2, 0.25) is 0 Å². The number of hydrogen-bond acceptors (Lipinski definition) is 2. The molecule has 0 fully saturated rings. The van der Waals surface area contributed by atoms with E-state index in [1.807, 2.05) is 54.5 Å². The zero-order chi connectivity index (χ0) is 13.6. The predicted molar refractivity (Wildman–Crippen MR) is 73.7 cm³/mol. The van der Waals surface area contributed by atoms with Crippen molar-refractivity contribution in [3.05, 3.63) is 33.3 Å². The van der Waals surface area contributed by atoms with Gasteiger partial charge in [0.05, 0.1) is 5.52 Å². The van der Waals surface area contributed by atoms with E-state index in [1.165, 1.54) is 0 Å². The van der Waals surface area contributed by atoms with Gasteiger partial charge in [0.2, 0.25) is 0 Å². The third-order valence-corrected chi connectivity index (χ3v) is 2.41. The van der Waals surface area contributed by atoms with E-state index >= 15 is 0 Å². The van der Waals surface area contributed by atoms with Gasteiger partial charge in [-0.05, 0) is 37.5 Å². The summed E-state index contributed by atoms with van der Waals surface area (Å²) in [5.41, 5.74) is 4.71. The molecule has 2 rings (SSSR count). The molecule has 0 aliphatic rings. The quantitative estimate of drug-likeness (QED) is 0.749. The Balaban J connectivity index is 0.000000581. The summed E-state index contributed by atoms with van der Waals surface area (Å²) in [6.07, 6.45) is 0. The van der Waals surface area contributed by atoms with E-state index in [4.69, 9.17) is 4.42 Å². The second kappa shape index (κ2) is 6.94. The summed E-state index contributed by atoms with van der Waals surface area (Å²) in [4.78, 5) is 13.7. The van der Waals surface area contributed by atoms with Crippen molar-refractivity contribution in [3.63, 3.8) is 0 Å². The highest BCUT2D eigenvalue weighted by molar-refractivity contribution is 5.80. The molecule has 1 aromatic heterocycles. The van der Waals surface area contributed by atoms with Crippen molar-refractivity contribution in [2.24, 2.45) is 0 Å². The fourth-order valence-electron chi connectivity index (χ4n) is 1.55. The van der Waals surface area contributed by atoms with Gasteiger partial charge < -0.3 is 4.42 Å². The van der Waals surface area contributed by atoms with Crippen molar-refractivity contribution < 1.29 is 4.42 Å². The molecule has 3 heteroatoms. The number of hydrogen-bond donors (Lipinski definition) is 1. The highest BCUT2D eigenvalue weighted by Gasteiger charge is 2.08. The Morgan fingerprint density at radius 1 is 1.00 bits per heavy atom. The number of fused-ring (bicyclic) bond motifs is 1. The fourth-order valence-corrected chi connectivity index (χ4v) is 1.55. The Hall–Kier alpha value is -1.51. The normalized spacial score (nSPS) is 9.12. The molecule has 0 atom stereocenters. The summed E-state index contributed by atoms with van der Waals surface area (Å²) >= 11 is 0. The lowest BCUT2D eigenvalue weighted by Gasteiger charge is -2.01. The molecule has 0 spiro atoms. The van der Waals surface area contributed by atoms with Crippen LogP contribution in [-0.4, -0.2) is 4.98 Å². The van der Waals surface area contributed by atoms with E-state index in [-0.39, 0.29) is 5.76 Å². The van der Waals surface area contributed by atoms with Crippen molar-refractivity contribution in [1.29, 1.82) is 0 Å². The van der Waals surface area contributed by atoms with Gasteiger partial charge in [0.25, 0.3) is 0 Å². The summed E-state index contributed by atoms with van der Waals surface area (Å²) in [5.74, 6) is -0.383. The SMILES string of the molecule is CC.CC.Cc1cc(C)c2[nH]c(=O)oc2c1C. The topological polar surface area (TPSA) is 46.0 Å². The van der Waals surface area contributed by atoms with Crippen molar-refractivity contribution in [2.45, 2.75) is 48.5 Å². The van der Waals surface area contributed by atoms with E-state index in [1.54, 1.807) is 0 Å². The van der Waals surface area contributed by atoms with Crippen LogP contribution in [0.25, 0.3) is 11.1 Å². The number of rotatable bonds is 0.